The van der Waals surface area contributed by atoms with E-state index in [4.69, 9.17) is 0 Å². The molecule has 104 valence electrons. The number of hydrogen-bond acceptors (Lipinski definition) is 3. The summed E-state index contributed by atoms with van der Waals surface area (Å²) in [4.78, 5) is 15.8. The van der Waals surface area contributed by atoms with Gasteiger partial charge in [-0.25, -0.2) is 9.78 Å². The van der Waals surface area contributed by atoms with Crippen LogP contribution in [0.4, 0.5) is 0 Å². The third kappa shape index (κ3) is 2.39. The van der Waals surface area contributed by atoms with E-state index in [1.807, 2.05) is 12.3 Å². The number of hydrogen-bond donors (Lipinski definition) is 2. The molecular formula is C15H16N2O3. The van der Waals surface area contributed by atoms with Gasteiger partial charge in [-0.3, -0.25) is 0 Å². The smallest absolute Gasteiger partial charge is 0.326 e. The molecule has 0 bridgehead atoms. The molecule has 0 radical (unpaired) electrons. The summed E-state index contributed by atoms with van der Waals surface area (Å²) in [6.45, 7) is 0. The fraction of sp³-hybridized carbons (Fsp3) is 0.333. The summed E-state index contributed by atoms with van der Waals surface area (Å²) >= 11 is 0. The number of fused-ring (bicyclic) bond motifs is 1. The van der Waals surface area contributed by atoms with Gasteiger partial charge in [0.1, 0.15) is 17.6 Å². The first-order chi connectivity index (χ1) is 9.63. The number of phenolic OH excluding ortho intramolecular Hbond substituents is 1. The molecule has 1 aromatic heterocycles. The third-order valence-electron chi connectivity index (χ3n) is 3.65. The van der Waals surface area contributed by atoms with Crippen molar-refractivity contribution in [2.45, 2.75) is 31.7 Å². The minimum Gasteiger partial charge on any atom is -0.508 e. The van der Waals surface area contributed by atoms with Crippen LogP contribution in [-0.2, 0) is 17.6 Å². The van der Waals surface area contributed by atoms with Crippen LogP contribution in [-0.4, -0.2) is 25.7 Å². The van der Waals surface area contributed by atoms with Crippen LogP contribution in [0.2, 0.25) is 0 Å². The van der Waals surface area contributed by atoms with Crippen molar-refractivity contribution < 1.29 is 15.0 Å². The molecule has 5 heteroatoms. The predicted molar refractivity (Wildman–Crippen MR) is 72.8 cm³/mol. The summed E-state index contributed by atoms with van der Waals surface area (Å²) < 4.78 is 1.78. The number of carboxylic acids is 1. The van der Waals surface area contributed by atoms with Gasteiger partial charge >= 0.3 is 5.97 Å². The van der Waals surface area contributed by atoms with Gasteiger partial charge in [0.2, 0.25) is 0 Å². The van der Waals surface area contributed by atoms with Gasteiger partial charge in [-0.2, -0.15) is 0 Å². The lowest BCUT2D eigenvalue weighted by atomic mass is 10.1. The average Bonchev–Trinajstić information content (AvgIpc) is 2.80. The number of rotatable bonds is 3. The Hall–Kier alpha value is -2.30. The van der Waals surface area contributed by atoms with Crippen molar-refractivity contribution in [3.8, 4) is 5.75 Å². The molecule has 2 N–H and O–H groups in total. The van der Waals surface area contributed by atoms with Crippen LogP contribution in [0.1, 0.15) is 36.0 Å². The average molecular weight is 272 g/mol. The van der Waals surface area contributed by atoms with E-state index in [0.29, 0.717) is 12.8 Å². The van der Waals surface area contributed by atoms with Crippen LogP contribution >= 0.6 is 0 Å². The number of imidazole rings is 1. The number of aliphatic carboxylic acids is 1. The molecule has 1 aliphatic heterocycles. The maximum Gasteiger partial charge on any atom is 0.326 e. The van der Waals surface area contributed by atoms with Crippen molar-refractivity contribution in [1.29, 1.82) is 0 Å². The highest BCUT2D eigenvalue weighted by molar-refractivity contribution is 5.72. The van der Waals surface area contributed by atoms with Crippen LogP contribution in [0.25, 0.3) is 0 Å². The van der Waals surface area contributed by atoms with Crippen LogP contribution in [0.3, 0.4) is 0 Å². The van der Waals surface area contributed by atoms with Crippen LogP contribution in [0.15, 0.2) is 30.5 Å². The van der Waals surface area contributed by atoms with Gasteiger partial charge in [0, 0.05) is 19.0 Å². The Kier molecular flexibility index (Phi) is 3.18. The summed E-state index contributed by atoms with van der Waals surface area (Å²) in [7, 11) is 0. The molecule has 0 amide bonds. The molecule has 2 heterocycles. The van der Waals surface area contributed by atoms with Crippen molar-refractivity contribution >= 4 is 5.97 Å². The minimum atomic E-state index is -0.799. The van der Waals surface area contributed by atoms with Crippen LogP contribution < -0.4 is 0 Å². The summed E-state index contributed by atoms with van der Waals surface area (Å²) in [5, 5.41) is 18.7. The minimum absolute atomic E-state index is 0.231. The standard InChI is InChI=1S/C15H16N2O3/c18-12-4-1-3-10(8-12)7-11-9-17-13(15(19)20)5-2-6-14(17)16-11/h1,3-4,8-9,13,18H,2,5-7H2,(H,19,20). The topological polar surface area (TPSA) is 75.3 Å². The van der Waals surface area contributed by atoms with E-state index in [2.05, 4.69) is 4.98 Å². The fourth-order valence-electron chi connectivity index (χ4n) is 2.74. The number of phenols is 1. The zero-order chi connectivity index (χ0) is 14.1. The molecule has 0 aliphatic carbocycles. The molecule has 1 unspecified atom stereocenters. The van der Waals surface area contributed by atoms with E-state index in [9.17, 15) is 15.0 Å². The Morgan fingerprint density at radius 1 is 1.45 bits per heavy atom. The van der Waals surface area contributed by atoms with Crippen molar-refractivity contribution in [3.63, 3.8) is 0 Å². The van der Waals surface area contributed by atoms with Gasteiger partial charge in [-0.1, -0.05) is 12.1 Å². The molecule has 0 spiro atoms. The number of aromatic nitrogens is 2. The first kappa shape index (κ1) is 12.7. The Bertz CT molecular complexity index is 648. The van der Waals surface area contributed by atoms with E-state index in [1.165, 1.54) is 0 Å². The summed E-state index contributed by atoms with van der Waals surface area (Å²) in [6, 6.07) is 6.55. The predicted octanol–water partition coefficient (Wildman–Crippen LogP) is 2.14. The molecule has 1 aliphatic rings. The van der Waals surface area contributed by atoms with E-state index < -0.39 is 12.0 Å². The van der Waals surface area contributed by atoms with E-state index in [0.717, 1.165) is 29.9 Å². The molecule has 0 saturated carbocycles. The second-order valence-corrected chi connectivity index (χ2v) is 5.15. The second kappa shape index (κ2) is 5.00. The summed E-state index contributed by atoms with van der Waals surface area (Å²) in [5.41, 5.74) is 1.81. The fourth-order valence-corrected chi connectivity index (χ4v) is 2.74. The summed E-state index contributed by atoms with van der Waals surface area (Å²) in [5.74, 6) is 0.279. The van der Waals surface area contributed by atoms with Crippen LogP contribution in [0, 0.1) is 0 Å². The zero-order valence-electron chi connectivity index (χ0n) is 11.0. The number of carbonyl (C=O) groups is 1. The van der Waals surface area contributed by atoms with E-state index in [-0.39, 0.29) is 5.75 Å². The maximum absolute atomic E-state index is 11.2. The molecule has 0 saturated heterocycles. The number of aromatic hydroxyl groups is 1. The first-order valence-electron chi connectivity index (χ1n) is 6.71. The summed E-state index contributed by atoms with van der Waals surface area (Å²) in [6.07, 6.45) is 4.77. The molecule has 2 aromatic rings. The second-order valence-electron chi connectivity index (χ2n) is 5.15. The lowest BCUT2D eigenvalue weighted by Crippen LogP contribution is -2.24. The van der Waals surface area contributed by atoms with Crippen molar-refractivity contribution in [1.82, 2.24) is 9.55 Å². The van der Waals surface area contributed by atoms with E-state index >= 15 is 0 Å². The lowest BCUT2D eigenvalue weighted by molar-refractivity contribution is -0.141. The number of aryl methyl sites for hydroxylation is 1. The highest BCUT2D eigenvalue weighted by atomic mass is 16.4. The highest BCUT2D eigenvalue weighted by Crippen LogP contribution is 2.26. The number of benzene rings is 1. The Balaban J connectivity index is 1.87. The van der Waals surface area contributed by atoms with E-state index in [1.54, 1.807) is 22.8 Å². The van der Waals surface area contributed by atoms with Crippen molar-refractivity contribution in [2.24, 2.45) is 0 Å². The quantitative estimate of drug-likeness (QED) is 0.897. The molecule has 20 heavy (non-hydrogen) atoms. The number of nitrogens with zero attached hydrogens (tertiary/aromatic N) is 2. The van der Waals surface area contributed by atoms with Gasteiger partial charge in [-0.15, -0.1) is 0 Å². The molecule has 3 rings (SSSR count). The van der Waals surface area contributed by atoms with Gasteiger partial charge in [0.05, 0.1) is 5.69 Å². The largest absolute Gasteiger partial charge is 0.508 e. The normalized spacial score (nSPS) is 17.7. The van der Waals surface area contributed by atoms with Crippen molar-refractivity contribution in [2.75, 3.05) is 0 Å². The Morgan fingerprint density at radius 2 is 2.30 bits per heavy atom. The molecule has 1 atom stereocenters. The molecular weight excluding hydrogens is 256 g/mol. The van der Waals surface area contributed by atoms with Crippen molar-refractivity contribution in [3.05, 3.63) is 47.5 Å². The van der Waals surface area contributed by atoms with Crippen LogP contribution in [0.5, 0.6) is 5.75 Å². The highest BCUT2D eigenvalue weighted by Gasteiger charge is 2.26. The first-order valence-corrected chi connectivity index (χ1v) is 6.71. The Labute approximate surface area is 116 Å². The monoisotopic (exact) mass is 272 g/mol. The Morgan fingerprint density at radius 3 is 3.05 bits per heavy atom. The zero-order valence-corrected chi connectivity index (χ0v) is 11.0. The molecule has 0 fully saturated rings. The van der Waals surface area contributed by atoms with Gasteiger partial charge in [-0.05, 0) is 30.5 Å². The van der Waals surface area contributed by atoms with Gasteiger partial charge in [0.25, 0.3) is 0 Å². The molecule has 5 nitrogen and oxygen atoms in total. The maximum atomic E-state index is 11.2. The lowest BCUT2D eigenvalue weighted by Gasteiger charge is -2.20. The third-order valence-corrected chi connectivity index (χ3v) is 3.65. The van der Waals surface area contributed by atoms with Gasteiger partial charge < -0.3 is 14.8 Å². The number of carboxylic acid groups (broad SMARTS) is 1. The van der Waals surface area contributed by atoms with Gasteiger partial charge in [0.15, 0.2) is 0 Å². The SMILES string of the molecule is O=C(O)C1CCCc2nc(Cc3cccc(O)c3)cn21. The molecule has 1 aromatic carbocycles.